The standard InChI is InChI=1S/C17H19F3N4O3S/c18-17(19,20)27-11-4-5-12-13(8-11)28-16(22-12)23-14(25)7-10-3-1-2-6-24(10)15(26)9-21/h4-5,8,10H,1-3,6-7,9,21H2,(H,22,23,25)/t10-/m0/s1. The van der Waals surface area contributed by atoms with Crippen LogP contribution in [0.5, 0.6) is 5.75 Å². The number of nitrogens with one attached hydrogen (secondary N) is 1. The number of likely N-dealkylation sites (tertiary alicyclic amines) is 1. The number of fused-ring (bicyclic) bond motifs is 1. The Kier molecular flexibility index (Phi) is 6.04. The molecular weight excluding hydrogens is 397 g/mol. The number of anilines is 1. The van der Waals surface area contributed by atoms with Gasteiger partial charge in [-0.3, -0.25) is 9.59 Å². The van der Waals surface area contributed by atoms with E-state index in [-0.39, 0.29) is 41.7 Å². The number of amides is 2. The van der Waals surface area contributed by atoms with Crippen molar-refractivity contribution in [3.63, 3.8) is 0 Å². The highest BCUT2D eigenvalue weighted by Crippen LogP contribution is 2.32. The number of carbonyl (C=O) groups is 2. The third-order valence-electron chi connectivity index (χ3n) is 4.38. The first-order chi connectivity index (χ1) is 13.2. The zero-order valence-corrected chi connectivity index (χ0v) is 15.6. The maximum absolute atomic E-state index is 12.4. The first-order valence-corrected chi connectivity index (χ1v) is 9.52. The van der Waals surface area contributed by atoms with Gasteiger partial charge in [0.15, 0.2) is 5.13 Å². The highest BCUT2D eigenvalue weighted by atomic mass is 32.1. The summed E-state index contributed by atoms with van der Waals surface area (Å²) in [6, 6.07) is 3.56. The monoisotopic (exact) mass is 416 g/mol. The van der Waals surface area contributed by atoms with E-state index in [0.29, 0.717) is 16.8 Å². The number of thiazole rings is 1. The summed E-state index contributed by atoms with van der Waals surface area (Å²) in [5, 5.41) is 2.93. The number of halogens is 3. The lowest BCUT2D eigenvalue weighted by molar-refractivity contribution is -0.274. The topological polar surface area (TPSA) is 97.6 Å². The number of piperidine rings is 1. The molecule has 0 bridgehead atoms. The second-order valence-corrected chi connectivity index (χ2v) is 7.42. The Labute approximate surface area is 162 Å². The van der Waals surface area contributed by atoms with Crippen molar-refractivity contribution in [3.05, 3.63) is 18.2 Å². The molecular formula is C17H19F3N4O3S. The van der Waals surface area contributed by atoms with Crippen LogP contribution in [0.3, 0.4) is 0 Å². The number of hydrogen-bond acceptors (Lipinski definition) is 6. The molecule has 0 radical (unpaired) electrons. The maximum Gasteiger partial charge on any atom is 0.573 e. The SMILES string of the molecule is NCC(=O)N1CCCC[C@H]1CC(=O)Nc1nc2ccc(OC(F)(F)F)cc2s1. The van der Waals surface area contributed by atoms with Crippen LogP contribution in [0.4, 0.5) is 18.3 Å². The summed E-state index contributed by atoms with van der Waals surface area (Å²) in [6.45, 7) is 0.482. The van der Waals surface area contributed by atoms with Crippen LogP contribution in [0.15, 0.2) is 18.2 Å². The van der Waals surface area contributed by atoms with Crippen molar-refractivity contribution in [3.8, 4) is 5.75 Å². The smallest absolute Gasteiger partial charge is 0.406 e. The quantitative estimate of drug-likeness (QED) is 0.781. The first-order valence-electron chi connectivity index (χ1n) is 8.71. The van der Waals surface area contributed by atoms with E-state index in [1.165, 1.54) is 18.2 Å². The molecule has 0 unspecified atom stereocenters. The van der Waals surface area contributed by atoms with E-state index < -0.39 is 6.36 Å². The van der Waals surface area contributed by atoms with Crippen LogP contribution >= 0.6 is 11.3 Å². The Hall–Kier alpha value is -2.40. The van der Waals surface area contributed by atoms with E-state index in [0.717, 1.165) is 30.6 Å². The number of aromatic nitrogens is 1. The molecule has 0 aliphatic carbocycles. The molecule has 1 aliphatic rings. The zero-order valence-electron chi connectivity index (χ0n) is 14.8. The van der Waals surface area contributed by atoms with Crippen LogP contribution in [0, 0.1) is 0 Å². The van der Waals surface area contributed by atoms with Gasteiger partial charge < -0.3 is 20.7 Å². The summed E-state index contributed by atoms with van der Waals surface area (Å²) in [5.41, 5.74) is 5.88. The predicted molar refractivity (Wildman–Crippen MR) is 98.0 cm³/mol. The lowest BCUT2D eigenvalue weighted by Gasteiger charge is -2.35. The molecule has 11 heteroatoms. The van der Waals surface area contributed by atoms with Gasteiger partial charge in [0.05, 0.1) is 16.8 Å². The number of nitrogens with zero attached hydrogens (tertiary/aromatic N) is 2. The van der Waals surface area contributed by atoms with Crippen molar-refractivity contribution >= 4 is 38.5 Å². The molecule has 2 amide bonds. The van der Waals surface area contributed by atoms with Crippen molar-refractivity contribution in [1.29, 1.82) is 0 Å². The van der Waals surface area contributed by atoms with Gasteiger partial charge >= 0.3 is 6.36 Å². The highest BCUT2D eigenvalue weighted by Gasteiger charge is 2.31. The number of benzene rings is 1. The Bertz CT molecular complexity index is 871. The average Bonchev–Trinajstić information content (AvgIpc) is 3.01. The molecule has 3 rings (SSSR count). The van der Waals surface area contributed by atoms with Crippen LogP contribution in [0.1, 0.15) is 25.7 Å². The Balaban J connectivity index is 1.66. The van der Waals surface area contributed by atoms with Crippen LogP contribution in [0.25, 0.3) is 10.2 Å². The molecule has 1 aromatic heterocycles. The van der Waals surface area contributed by atoms with Gasteiger partial charge in [-0.15, -0.1) is 13.2 Å². The minimum atomic E-state index is -4.78. The molecule has 0 spiro atoms. The molecule has 28 heavy (non-hydrogen) atoms. The number of rotatable bonds is 5. The molecule has 1 fully saturated rings. The van der Waals surface area contributed by atoms with Crippen LogP contribution in [-0.2, 0) is 9.59 Å². The van der Waals surface area contributed by atoms with E-state index in [4.69, 9.17) is 5.73 Å². The number of hydrogen-bond donors (Lipinski definition) is 2. The number of nitrogens with two attached hydrogens (primary N) is 1. The van der Waals surface area contributed by atoms with Gasteiger partial charge in [-0.25, -0.2) is 4.98 Å². The molecule has 1 aromatic carbocycles. The average molecular weight is 416 g/mol. The highest BCUT2D eigenvalue weighted by molar-refractivity contribution is 7.22. The molecule has 2 heterocycles. The summed E-state index contributed by atoms with van der Waals surface area (Å²) in [6.07, 6.45) is -2.14. The fourth-order valence-electron chi connectivity index (χ4n) is 3.20. The lowest BCUT2D eigenvalue weighted by atomic mass is 9.99. The molecule has 1 saturated heterocycles. The van der Waals surface area contributed by atoms with Crippen LogP contribution < -0.4 is 15.8 Å². The minimum Gasteiger partial charge on any atom is -0.406 e. The van der Waals surface area contributed by atoms with E-state index in [2.05, 4.69) is 15.0 Å². The number of carbonyl (C=O) groups excluding carboxylic acids is 2. The zero-order chi connectivity index (χ0) is 20.3. The van der Waals surface area contributed by atoms with Crippen molar-refractivity contribution in [2.24, 2.45) is 5.73 Å². The van der Waals surface area contributed by atoms with Crippen LogP contribution in [-0.4, -0.2) is 47.2 Å². The van der Waals surface area contributed by atoms with Gasteiger partial charge in [0, 0.05) is 25.1 Å². The fraction of sp³-hybridized carbons (Fsp3) is 0.471. The number of ether oxygens (including phenoxy) is 1. The fourth-order valence-corrected chi connectivity index (χ4v) is 4.11. The van der Waals surface area contributed by atoms with Gasteiger partial charge in [-0.1, -0.05) is 11.3 Å². The normalized spacial score (nSPS) is 17.6. The van der Waals surface area contributed by atoms with E-state index in [9.17, 15) is 22.8 Å². The Morgan fingerprint density at radius 1 is 1.36 bits per heavy atom. The van der Waals surface area contributed by atoms with Gasteiger partial charge in [-0.05, 0) is 31.4 Å². The summed E-state index contributed by atoms with van der Waals surface area (Å²) in [4.78, 5) is 30.2. The molecule has 1 atom stereocenters. The van der Waals surface area contributed by atoms with Gasteiger partial charge in [0.2, 0.25) is 11.8 Å². The molecule has 3 N–H and O–H groups in total. The summed E-state index contributed by atoms with van der Waals surface area (Å²) < 4.78 is 41.3. The molecule has 2 aromatic rings. The Morgan fingerprint density at radius 2 is 2.14 bits per heavy atom. The van der Waals surface area contributed by atoms with Gasteiger partial charge in [-0.2, -0.15) is 0 Å². The second kappa shape index (κ2) is 8.31. The molecule has 1 aliphatic heterocycles. The Morgan fingerprint density at radius 3 is 2.86 bits per heavy atom. The van der Waals surface area contributed by atoms with Crippen molar-refractivity contribution in [2.45, 2.75) is 38.1 Å². The molecule has 0 saturated carbocycles. The van der Waals surface area contributed by atoms with Crippen molar-refractivity contribution in [1.82, 2.24) is 9.88 Å². The minimum absolute atomic E-state index is 0.0989. The summed E-state index contributed by atoms with van der Waals surface area (Å²) >= 11 is 1.05. The third-order valence-corrected chi connectivity index (χ3v) is 5.32. The molecule has 7 nitrogen and oxygen atoms in total. The first kappa shape index (κ1) is 20.3. The van der Waals surface area contributed by atoms with Crippen molar-refractivity contribution < 1.29 is 27.5 Å². The second-order valence-electron chi connectivity index (χ2n) is 6.39. The van der Waals surface area contributed by atoms with Gasteiger partial charge in [0.1, 0.15) is 5.75 Å². The van der Waals surface area contributed by atoms with E-state index in [1.807, 2.05) is 0 Å². The summed E-state index contributed by atoms with van der Waals surface area (Å²) in [7, 11) is 0. The van der Waals surface area contributed by atoms with E-state index >= 15 is 0 Å². The lowest BCUT2D eigenvalue weighted by Crippen LogP contribution is -2.47. The van der Waals surface area contributed by atoms with Gasteiger partial charge in [0.25, 0.3) is 0 Å². The summed E-state index contributed by atoms with van der Waals surface area (Å²) in [5.74, 6) is -0.845. The van der Waals surface area contributed by atoms with Crippen LogP contribution in [0.2, 0.25) is 0 Å². The van der Waals surface area contributed by atoms with Crippen molar-refractivity contribution in [2.75, 3.05) is 18.4 Å². The number of alkyl halides is 3. The maximum atomic E-state index is 12.4. The predicted octanol–water partition coefficient (Wildman–Crippen LogP) is 2.86. The third kappa shape index (κ3) is 5.10. The molecule has 152 valence electrons. The van der Waals surface area contributed by atoms with E-state index in [1.54, 1.807) is 4.90 Å². The largest absolute Gasteiger partial charge is 0.573 e.